The van der Waals surface area contributed by atoms with E-state index in [0.29, 0.717) is 18.7 Å². The van der Waals surface area contributed by atoms with Crippen molar-refractivity contribution in [2.24, 2.45) is 11.8 Å². The zero-order valence-corrected chi connectivity index (χ0v) is 15.4. The Labute approximate surface area is 157 Å². The summed E-state index contributed by atoms with van der Waals surface area (Å²) in [7, 11) is 0. The van der Waals surface area contributed by atoms with Gasteiger partial charge in [0, 0.05) is 31.5 Å². The molecule has 2 amide bonds. The van der Waals surface area contributed by atoms with Gasteiger partial charge in [0.15, 0.2) is 0 Å². The first-order chi connectivity index (χ1) is 12.8. The fourth-order valence-corrected chi connectivity index (χ4v) is 3.64. The number of nitrogens with zero attached hydrogens (tertiary/aromatic N) is 1. The third-order valence-corrected chi connectivity index (χ3v) is 5.37. The monoisotopic (exact) mass is 382 g/mol. The van der Waals surface area contributed by atoms with E-state index in [4.69, 9.17) is 0 Å². The molecule has 1 saturated carbocycles. The molecule has 0 bridgehead atoms. The normalized spacial score (nSPS) is 22.7. The molecule has 0 radical (unpaired) electrons. The summed E-state index contributed by atoms with van der Waals surface area (Å²) < 4.78 is 39.3. The topological polar surface area (TPSA) is 49.4 Å². The molecule has 2 atom stereocenters. The van der Waals surface area contributed by atoms with Crippen molar-refractivity contribution in [2.45, 2.75) is 44.7 Å². The lowest BCUT2D eigenvalue weighted by atomic mass is 9.87. The van der Waals surface area contributed by atoms with Gasteiger partial charge in [-0.15, -0.1) is 0 Å². The Kier molecular flexibility index (Phi) is 5.77. The second-order valence-electron chi connectivity index (χ2n) is 7.50. The van der Waals surface area contributed by atoms with Crippen LogP contribution in [-0.2, 0) is 15.8 Å². The number of rotatable bonds is 6. The lowest BCUT2D eigenvalue weighted by molar-refractivity contribution is -0.137. The lowest BCUT2D eigenvalue weighted by Gasteiger charge is -2.19. The number of likely N-dealkylation sites (tertiary alicyclic amines) is 1. The molecule has 1 N–H and O–H groups in total. The average Bonchev–Trinajstić information content (AvgIpc) is 3.38. The van der Waals surface area contributed by atoms with Gasteiger partial charge in [0.25, 0.3) is 0 Å². The van der Waals surface area contributed by atoms with E-state index in [1.54, 1.807) is 11.0 Å². The molecule has 0 spiro atoms. The number of benzene rings is 1. The number of hydrogen-bond donors (Lipinski definition) is 1. The summed E-state index contributed by atoms with van der Waals surface area (Å²) in [6.45, 7) is 3.12. The lowest BCUT2D eigenvalue weighted by Crippen LogP contribution is -2.36. The smallest absolute Gasteiger partial charge is 0.356 e. The number of nitrogens with one attached hydrogen (secondary N) is 1. The van der Waals surface area contributed by atoms with Crippen molar-refractivity contribution in [3.8, 4) is 0 Å². The third-order valence-electron chi connectivity index (χ3n) is 5.37. The molecule has 2 aliphatic rings. The van der Waals surface area contributed by atoms with Crippen LogP contribution in [0.2, 0.25) is 0 Å². The van der Waals surface area contributed by atoms with E-state index in [9.17, 15) is 22.8 Å². The highest BCUT2D eigenvalue weighted by Gasteiger charge is 2.44. The van der Waals surface area contributed by atoms with Crippen molar-refractivity contribution in [1.29, 1.82) is 0 Å². The summed E-state index contributed by atoms with van der Waals surface area (Å²) in [5.74, 6) is -1.08. The molecule has 0 aromatic heterocycles. The first-order valence-electron chi connectivity index (χ1n) is 9.55. The fraction of sp³-hybridized carbons (Fsp3) is 0.600. The van der Waals surface area contributed by atoms with Crippen molar-refractivity contribution in [3.05, 3.63) is 35.4 Å². The van der Waals surface area contributed by atoms with Crippen LogP contribution in [0.3, 0.4) is 0 Å². The van der Waals surface area contributed by atoms with Gasteiger partial charge in [-0.05, 0) is 30.9 Å². The Balaban J connectivity index is 1.82. The summed E-state index contributed by atoms with van der Waals surface area (Å²) in [6.07, 6.45) is -0.934. The number of carbonyl (C=O) groups is 2. The van der Waals surface area contributed by atoms with E-state index in [-0.39, 0.29) is 24.3 Å². The summed E-state index contributed by atoms with van der Waals surface area (Å²) in [5.41, 5.74) is -0.260. The Morgan fingerprint density at radius 2 is 1.96 bits per heavy atom. The van der Waals surface area contributed by atoms with Crippen molar-refractivity contribution in [1.82, 2.24) is 10.2 Å². The molecule has 1 heterocycles. The number of carbonyl (C=O) groups excluding carboxylic acids is 2. The predicted molar refractivity (Wildman–Crippen MR) is 94.9 cm³/mol. The van der Waals surface area contributed by atoms with Crippen LogP contribution in [0.25, 0.3) is 0 Å². The van der Waals surface area contributed by atoms with Crippen molar-refractivity contribution in [3.63, 3.8) is 0 Å². The average molecular weight is 382 g/mol. The Morgan fingerprint density at radius 1 is 1.22 bits per heavy atom. The Morgan fingerprint density at radius 3 is 2.59 bits per heavy atom. The van der Waals surface area contributed by atoms with Gasteiger partial charge >= 0.3 is 6.18 Å². The third kappa shape index (κ3) is 4.62. The minimum atomic E-state index is -4.43. The molecule has 3 rings (SSSR count). The fourth-order valence-electron chi connectivity index (χ4n) is 3.64. The standard InChI is InChI=1S/C20H25F3N2O2/c1-2-3-9-24-18(26)17-12-25(19(27)13-7-8-13)11-16(17)14-5-4-6-15(10-14)20(21,22)23/h4-6,10,13,16-17H,2-3,7-9,11-12H2,1H3,(H,24,26). The summed E-state index contributed by atoms with van der Waals surface area (Å²) in [5, 5.41) is 2.88. The minimum Gasteiger partial charge on any atom is -0.356 e. The van der Waals surface area contributed by atoms with E-state index >= 15 is 0 Å². The van der Waals surface area contributed by atoms with Crippen LogP contribution in [0.15, 0.2) is 24.3 Å². The van der Waals surface area contributed by atoms with Crippen LogP contribution in [0.4, 0.5) is 13.2 Å². The predicted octanol–water partition coefficient (Wildman–Crippen LogP) is 3.57. The molecule has 2 unspecified atom stereocenters. The second kappa shape index (κ2) is 7.90. The highest BCUT2D eigenvalue weighted by molar-refractivity contribution is 5.85. The Hall–Kier alpha value is -2.05. The zero-order valence-electron chi connectivity index (χ0n) is 15.4. The molecule has 2 fully saturated rings. The minimum absolute atomic E-state index is 0.0223. The summed E-state index contributed by atoms with van der Waals surface area (Å²) in [6, 6.07) is 5.14. The zero-order chi connectivity index (χ0) is 19.6. The molecule has 1 aromatic rings. The van der Waals surface area contributed by atoms with Gasteiger partial charge < -0.3 is 10.2 Å². The quantitative estimate of drug-likeness (QED) is 0.765. The van der Waals surface area contributed by atoms with E-state index in [0.717, 1.165) is 37.8 Å². The van der Waals surface area contributed by atoms with Crippen LogP contribution in [0.1, 0.15) is 49.7 Å². The number of unbranched alkanes of at least 4 members (excludes halogenated alkanes) is 1. The van der Waals surface area contributed by atoms with Gasteiger partial charge in [-0.3, -0.25) is 9.59 Å². The van der Waals surface area contributed by atoms with Crippen molar-refractivity contribution >= 4 is 11.8 Å². The highest BCUT2D eigenvalue weighted by atomic mass is 19.4. The van der Waals surface area contributed by atoms with Crippen LogP contribution in [0, 0.1) is 11.8 Å². The van der Waals surface area contributed by atoms with Gasteiger partial charge in [0.05, 0.1) is 11.5 Å². The van der Waals surface area contributed by atoms with Gasteiger partial charge in [0.1, 0.15) is 0 Å². The molecule has 1 aromatic carbocycles. The number of hydrogen-bond acceptors (Lipinski definition) is 2. The first-order valence-corrected chi connectivity index (χ1v) is 9.55. The summed E-state index contributed by atoms with van der Waals surface area (Å²) in [4.78, 5) is 26.8. The van der Waals surface area contributed by atoms with Crippen molar-refractivity contribution < 1.29 is 22.8 Å². The molecule has 1 saturated heterocycles. The van der Waals surface area contributed by atoms with Crippen LogP contribution < -0.4 is 5.32 Å². The summed E-state index contributed by atoms with van der Waals surface area (Å²) >= 11 is 0. The molecule has 27 heavy (non-hydrogen) atoms. The van der Waals surface area contributed by atoms with E-state index in [1.165, 1.54) is 6.07 Å². The van der Waals surface area contributed by atoms with E-state index in [1.807, 2.05) is 6.92 Å². The number of alkyl halides is 3. The van der Waals surface area contributed by atoms with Crippen LogP contribution in [0.5, 0.6) is 0 Å². The maximum absolute atomic E-state index is 13.1. The maximum atomic E-state index is 13.1. The van der Waals surface area contributed by atoms with Crippen molar-refractivity contribution in [2.75, 3.05) is 19.6 Å². The van der Waals surface area contributed by atoms with Gasteiger partial charge in [0.2, 0.25) is 11.8 Å². The number of amides is 2. The molecule has 1 aliphatic carbocycles. The molecule has 4 nitrogen and oxygen atoms in total. The molecule has 1 aliphatic heterocycles. The van der Waals surface area contributed by atoms with E-state index in [2.05, 4.69) is 5.32 Å². The van der Waals surface area contributed by atoms with Gasteiger partial charge in [-0.1, -0.05) is 31.5 Å². The molecular formula is C20H25F3N2O2. The first kappa shape index (κ1) is 19.7. The molecule has 148 valence electrons. The SMILES string of the molecule is CCCCNC(=O)C1CN(C(=O)C2CC2)CC1c1cccc(C(F)(F)F)c1. The number of halogens is 3. The second-order valence-corrected chi connectivity index (χ2v) is 7.50. The highest BCUT2D eigenvalue weighted by Crippen LogP contribution is 2.39. The molecular weight excluding hydrogens is 357 g/mol. The van der Waals surface area contributed by atoms with Gasteiger partial charge in [-0.25, -0.2) is 0 Å². The largest absolute Gasteiger partial charge is 0.416 e. The van der Waals surface area contributed by atoms with Gasteiger partial charge in [-0.2, -0.15) is 13.2 Å². The maximum Gasteiger partial charge on any atom is 0.416 e. The van der Waals surface area contributed by atoms with Crippen LogP contribution >= 0.6 is 0 Å². The molecule has 7 heteroatoms. The van der Waals surface area contributed by atoms with Crippen LogP contribution in [-0.4, -0.2) is 36.3 Å². The van der Waals surface area contributed by atoms with E-state index < -0.39 is 23.6 Å². The Bertz CT molecular complexity index is 701.